The first kappa shape index (κ1) is 16.5. The number of rotatable bonds is 5. The van der Waals surface area contributed by atoms with Gasteiger partial charge in [0.25, 0.3) is 5.89 Å². The molecule has 0 N–H and O–H groups in total. The minimum atomic E-state index is -3.58. The summed E-state index contributed by atoms with van der Waals surface area (Å²) in [6.07, 6.45) is 0. The predicted molar refractivity (Wildman–Crippen MR) is 88.6 cm³/mol. The predicted octanol–water partition coefficient (Wildman–Crippen LogP) is 3.37. The van der Waals surface area contributed by atoms with Gasteiger partial charge < -0.3 is 9.26 Å². The Morgan fingerprint density at radius 3 is 2.62 bits per heavy atom. The van der Waals surface area contributed by atoms with E-state index in [4.69, 9.17) is 20.9 Å². The molecule has 0 saturated carbocycles. The van der Waals surface area contributed by atoms with Crippen LogP contribution in [0.15, 0.2) is 57.9 Å². The van der Waals surface area contributed by atoms with Crippen molar-refractivity contribution in [3.63, 3.8) is 0 Å². The van der Waals surface area contributed by atoms with E-state index in [1.54, 1.807) is 31.4 Å². The van der Waals surface area contributed by atoms with Gasteiger partial charge in [0.05, 0.1) is 12.0 Å². The zero-order valence-electron chi connectivity index (χ0n) is 12.6. The molecule has 0 atom stereocenters. The molecule has 0 bridgehead atoms. The highest BCUT2D eigenvalue weighted by molar-refractivity contribution is 7.90. The lowest BCUT2D eigenvalue weighted by Gasteiger charge is -2.01. The molecule has 0 radical (unpaired) electrons. The SMILES string of the molecule is COc1cccc(-c2nc(CS(=O)(=O)c3ccc(Cl)cc3)no2)c1. The summed E-state index contributed by atoms with van der Waals surface area (Å²) >= 11 is 5.77. The van der Waals surface area contributed by atoms with Crippen molar-refractivity contribution in [3.8, 4) is 17.2 Å². The second kappa shape index (κ2) is 6.62. The van der Waals surface area contributed by atoms with Crippen LogP contribution in [0.1, 0.15) is 5.82 Å². The third-order valence-electron chi connectivity index (χ3n) is 3.28. The molecule has 2 aromatic carbocycles. The average Bonchev–Trinajstić information content (AvgIpc) is 3.03. The van der Waals surface area contributed by atoms with Crippen LogP contribution >= 0.6 is 11.6 Å². The molecule has 1 heterocycles. The zero-order chi connectivity index (χ0) is 17.2. The highest BCUT2D eigenvalue weighted by Crippen LogP contribution is 2.23. The van der Waals surface area contributed by atoms with Crippen molar-refractivity contribution in [2.75, 3.05) is 7.11 Å². The molecule has 24 heavy (non-hydrogen) atoms. The van der Waals surface area contributed by atoms with Gasteiger partial charge in [0, 0.05) is 10.6 Å². The van der Waals surface area contributed by atoms with Crippen molar-refractivity contribution in [1.29, 1.82) is 0 Å². The van der Waals surface area contributed by atoms with Gasteiger partial charge in [0.15, 0.2) is 15.7 Å². The molecule has 3 rings (SSSR count). The fourth-order valence-corrected chi connectivity index (χ4v) is 3.38. The summed E-state index contributed by atoms with van der Waals surface area (Å²) < 4.78 is 35.0. The Kier molecular flexibility index (Phi) is 4.55. The van der Waals surface area contributed by atoms with Crippen molar-refractivity contribution < 1.29 is 17.7 Å². The molecule has 124 valence electrons. The lowest BCUT2D eigenvalue weighted by molar-refractivity contribution is 0.412. The Hall–Kier alpha value is -2.38. The monoisotopic (exact) mass is 364 g/mol. The van der Waals surface area contributed by atoms with E-state index in [9.17, 15) is 8.42 Å². The van der Waals surface area contributed by atoms with E-state index in [1.165, 1.54) is 24.3 Å². The molecule has 0 aliphatic carbocycles. The summed E-state index contributed by atoms with van der Waals surface area (Å²) in [5.74, 6) is 0.598. The van der Waals surface area contributed by atoms with Gasteiger partial charge in [-0.3, -0.25) is 0 Å². The summed E-state index contributed by atoms with van der Waals surface area (Å²) in [6, 6.07) is 13.0. The summed E-state index contributed by atoms with van der Waals surface area (Å²) in [4.78, 5) is 4.30. The third-order valence-corrected chi connectivity index (χ3v) is 5.16. The molecule has 0 fully saturated rings. The van der Waals surface area contributed by atoms with Crippen molar-refractivity contribution in [2.24, 2.45) is 0 Å². The largest absolute Gasteiger partial charge is 0.497 e. The van der Waals surface area contributed by atoms with Crippen LogP contribution in [0.5, 0.6) is 5.75 Å². The molecule has 0 saturated heterocycles. The van der Waals surface area contributed by atoms with Crippen LogP contribution in [0.3, 0.4) is 0 Å². The smallest absolute Gasteiger partial charge is 0.258 e. The number of methoxy groups -OCH3 is 1. The molecular formula is C16H13ClN2O4S. The number of nitrogens with zero attached hydrogens (tertiary/aromatic N) is 2. The number of hydrogen-bond donors (Lipinski definition) is 0. The van der Waals surface area contributed by atoms with Crippen molar-refractivity contribution in [1.82, 2.24) is 10.1 Å². The number of hydrogen-bond acceptors (Lipinski definition) is 6. The Balaban J connectivity index is 1.84. The van der Waals surface area contributed by atoms with Gasteiger partial charge in [-0.2, -0.15) is 4.98 Å². The molecule has 0 aliphatic heterocycles. The van der Waals surface area contributed by atoms with Crippen molar-refractivity contribution >= 4 is 21.4 Å². The van der Waals surface area contributed by atoms with E-state index in [2.05, 4.69) is 10.1 Å². The van der Waals surface area contributed by atoms with E-state index in [0.29, 0.717) is 16.3 Å². The van der Waals surface area contributed by atoms with Crippen LogP contribution in [0.25, 0.3) is 11.5 Å². The quantitative estimate of drug-likeness (QED) is 0.690. The third kappa shape index (κ3) is 3.58. The normalized spacial score (nSPS) is 11.4. The van der Waals surface area contributed by atoms with E-state index in [0.717, 1.165) is 0 Å². The van der Waals surface area contributed by atoms with Gasteiger partial charge >= 0.3 is 0 Å². The van der Waals surface area contributed by atoms with Gasteiger partial charge in [-0.15, -0.1) is 0 Å². The maximum atomic E-state index is 12.4. The lowest BCUT2D eigenvalue weighted by Crippen LogP contribution is -2.06. The summed E-state index contributed by atoms with van der Waals surface area (Å²) in [5.41, 5.74) is 0.650. The lowest BCUT2D eigenvalue weighted by atomic mass is 10.2. The van der Waals surface area contributed by atoms with Crippen LogP contribution in [0.2, 0.25) is 5.02 Å². The molecule has 8 heteroatoms. The summed E-state index contributed by atoms with van der Waals surface area (Å²) in [5, 5.41) is 4.21. The Morgan fingerprint density at radius 1 is 1.17 bits per heavy atom. The van der Waals surface area contributed by atoms with E-state index in [1.807, 2.05) is 0 Å². The van der Waals surface area contributed by atoms with Crippen LogP contribution in [0, 0.1) is 0 Å². The minimum absolute atomic E-state index is 0.0859. The second-order valence-corrected chi connectivity index (χ2v) is 7.39. The molecule has 3 aromatic rings. The number of ether oxygens (including phenoxy) is 1. The fraction of sp³-hybridized carbons (Fsp3) is 0.125. The standard InChI is InChI=1S/C16H13ClN2O4S/c1-22-13-4-2-3-11(9-13)16-18-15(19-23-16)10-24(20,21)14-7-5-12(17)6-8-14/h2-9H,10H2,1H3. The Bertz CT molecular complexity index is 952. The van der Waals surface area contributed by atoms with E-state index >= 15 is 0 Å². The molecule has 0 unspecified atom stereocenters. The van der Waals surface area contributed by atoms with Crippen LogP contribution < -0.4 is 4.74 Å². The van der Waals surface area contributed by atoms with Crippen LogP contribution in [0.4, 0.5) is 0 Å². The zero-order valence-corrected chi connectivity index (χ0v) is 14.2. The second-order valence-electron chi connectivity index (χ2n) is 4.96. The maximum Gasteiger partial charge on any atom is 0.258 e. The van der Waals surface area contributed by atoms with Crippen molar-refractivity contribution in [3.05, 3.63) is 59.4 Å². The van der Waals surface area contributed by atoms with Gasteiger partial charge in [-0.25, -0.2) is 8.42 Å². The Morgan fingerprint density at radius 2 is 1.92 bits per heavy atom. The summed E-state index contributed by atoms with van der Waals surface area (Å²) in [7, 11) is -2.03. The number of aromatic nitrogens is 2. The first-order valence-electron chi connectivity index (χ1n) is 6.93. The molecule has 6 nitrogen and oxygen atoms in total. The first-order valence-corrected chi connectivity index (χ1v) is 8.96. The van der Waals surface area contributed by atoms with E-state index in [-0.39, 0.29) is 22.4 Å². The minimum Gasteiger partial charge on any atom is -0.497 e. The molecule has 1 aromatic heterocycles. The average molecular weight is 365 g/mol. The van der Waals surface area contributed by atoms with Gasteiger partial charge in [-0.05, 0) is 42.5 Å². The fourth-order valence-electron chi connectivity index (χ4n) is 2.08. The van der Waals surface area contributed by atoms with Crippen LogP contribution in [-0.2, 0) is 15.6 Å². The maximum absolute atomic E-state index is 12.4. The topological polar surface area (TPSA) is 82.3 Å². The highest BCUT2D eigenvalue weighted by atomic mass is 35.5. The van der Waals surface area contributed by atoms with Gasteiger partial charge in [-0.1, -0.05) is 22.8 Å². The molecular weight excluding hydrogens is 352 g/mol. The number of benzene rings is 2. The summed E-state index contributed by atoms with van der Waals surface area (Å²) in [6.45, 7) is 0. The van der Waals surface area contributed by atoms with Gasteiger partial charge in [0.2, 0.25) is 0 Å². The molecule has 0 amide bonds. The molecule has 0 spiro atoms. The number of sulfone groups is 1. The van der Waals surface area contributed by atoms with Crippen molar-refractivity contribution in [2.45, 2.75) is 10.6 Å². The Labute approximate surface area is 144 Å². The molecule has 0 aliphatic rings. The highest BCUT2D eigenvalue weighted by Gasteiger charge is 2.20. The first-order chi connectivity index (χ1) is 11.5. The van der Waals surface area contributed by atoms with Gasteiger partial charge in [0.1, 0.15) is 11.5 Å². The van der Waals surface area contributed by atoms with E-state index < -0.39 is 9.84 Å². The van der Waals surface area contributed by atoms with Crippen LogP contribution in [-0.4, -0.2) is 25.7 Å². The number of halogens is 1.